The van der Waals surface area contributed by atoms with Crippen molar-refractivity contribution in [2.24, 2.45) is 5.92 Å². The number of nitrogens with zero attached hydrogens (tertiary/aromatic N) is 2. The molecule has 0 spiro atoms. The Kier molecular flexibility index (Phi) is 6.33. The molecule has 1 N–H and O–H groups in total. The molecule has 1 aromatic carbocycles. The summed E-state index contributed by atoms with van der Waals surface area (Å²) in [6.45, 7) is 7.16. The van der Waals surface area contributed by atoms with Crippen LogP contribution in [0.15, 0.2) is 30.5 Å². The van der Waals surface area contributed by atoms with Gasteiger partial charge in [0.15, 0.2) is 0 Å². The molecule has 1 amide bonds. The van der Waals surface area contributed by atoms with Crippen LogP contribution in [0.25, 0.3) is 10.9 Å². The zero-order valence-electron chi connectivity index (χ0n) is 17.0. The Morgan fingerprint density at radius 3 is 2.89 bits per heavy atom. The first kappa shape index (κ1) is 19.5. The summed E-state index contributed by atoms with van der Waals surface area (Å²) >= 11 is 0. The quantitative estimate of drug-likeness (QED) is 0.674. The lowest BCUT2D eigenvalue weighted by atomic mass is 9.97. The largest absolute Gasteiger partial charge is 0.382 e. The number of amides is 1. The highest BCUT2D eigenvalue weighted by Gasteiger charge is 2.36. The second-order valence-electron chi connectivity index (χ2n) is 8.16. The molecular formula is C23H33N3O2. The third-order valence-corrected chi connectivity index (χ3v) is 6.02. The number of para-hydroxylation sites is 1. The van der Waals surface area contributed by atoms with E-state index in [2.05, 4.69) is 45.2 Å². The molecule has 28 heavy (non-hydrogen) atoms. The third kappa shape index (κ3) is 4.41. The first-order chi connectivity index (χ1) is 13.8. The Hall–Kier alpha value is -1.85. The third-order valence-electron chi connectivity index (χ3n) is 6.02. The number of piperidine rings is 1. The molecule has 152 valence electrons. The second kappa shape index (κ2) is 9.10. The zero-order chi connectivity index (χ0) is 19.3. The number of aromatic nitrogens is 1. The van der Waals surface area contributed by atoms with E-state index in [1.54, 1.807) is 0 Å². The standard InChI is InChI=1S/C23H33N3O2/c1-2-28-14-6-13-25-16-19(21-8-3-4-9-22(21)25)17-26(20-10-11-20)23(27)18-7-5-12-24-15-18/h3-4,8-9,16,18,20,24H,2,5-7,10-15,17H2,1H3. The molecule has 1 aliphatic heterocycles. The van der Waals surface area contributed by atoms with Gasteiger partial charge >= 0.3 is 0 Å². The van der Waals surface area contributed by atoms with Gasteiger partial charge in [-0.15, -0.1) is 0 Å². The predicted molar refractivity (Wildman–Crippen MR) is 112 cm³/mol. The number of hydrogen-bond acceptors (Lipinski definition) is 3. The predicted octanol–water partition coefficient (Wildman–Crippen LogP) is 3.56. The van der Waals surface area contributed by atoms with Crippen molar-refractivity contribution in [3.05, 3.63) is 36.0 Å². The molecule has 4 rings (SSSR count). The van der Waals surface area contributed by atoms with Crippen LogP contribution in [0, 0.1) is 5.92 Å². The number of nitrogens with one attached hydrogen (secondary N) is 1. The number of carbonyl (C=O) groups is 1. The van der Waals surface area contributed by atoms with Gasteiger partial charge in [0.1, 0.15) is 0 Å². The minimum absolute atomic E-state index is 0.147. The minimum Gasteiger partial charge on any atom is -0.382 e. The van der Waals surface area contributed by atoms with Crippen molar-refractivity contribution >= 4 is 16.8 Å². The fraction of sp³-hybridized carbons (Fsp3) is 0.609. The average molecular weight is 384 g/mol. The Labute approximate surface area is 168 Å². The first-order valence-corrected chi connectivity index (χ1v) is 10.9. The molecule has 5 heteroatoms. The van der Waals surface area contributed by atoms with Crippen LogP contribution in [0.5, 0.6) is 0 Å². The van der Waals surface area contributed by atoms with Gasteiger partial charge in [-0.2, -0.15) is 0 Å². The maximum Gasteiger partial charge on any atom is 0.227 e. The van der Waals surface area contributed by atoms with E-state index in [0.717, 1.165) is 71.5 Å². The van der Waals surface area contributed by atoms with Gasteiger partial charge < -0.3 is 19.5 Å². The summed E-state index contributed by atoms with van der Waals surface area (Å²) in [5, 5.41) is 4.67. The lowest BCUT2D eigenvalue weighted by Gasteiger charge is -2.29. The lowest BCUT2D eigenvalue weighted by molar-refractivity contribution is -0.137. The van der Waals surface area contributed by atoms with E-state index < -0.39 is 0 Å². The molecule has 2 aliphatic rings. The molecule has 1 saturated carbocycles. The van der Waals surface area contributed by atoms with Crippen LogP contribution in [0.1, 0.15) is 44.6 Å². The fourth-order valence-corrected chi connectivity index (χ4v) is 4.37. The number of rotatable bonds is 9. The maximum absolute atomic E-state index is 13.2. The van der Waals surface area contributed by atoms with Crippen molar-refractivity contribution in [3.63, 3.8) is 0 Å². The monoisotopic (exact) mass is 383 g/mol. The molecule has 5 nitrogen and oxygen atoms in total. The summed E-state index contributed by atoms with van der Waals surface area (Å²) in [5.41, 5.74) is 2.53. The topological polar surface area (TPSA) is 46.5 Å². The van der Waals surface area contributed by atoms with Crippen LogP contribution < -0.4 is 5.32 Å². The minimum atomic E-state index is 0.147. The van der Waals surface area contributed by atoms with Crippen LogP contribution in [-0.4, -0.2) is 47.7 Å². The van der Waals surface area contributed by atoms with Crippen LogP contribution in [0.4, 0.5) is 0 Å². The number of hydrogen-bond donors (Lipinski definition) is 1. The van der Waals surface area contributed by atoms with E-state index in [-0.39, 0.29) is 5.92 Å². The molecule has 1 saturated heterocycles. The molecule has 1 aromatic heterocycles. The van der Waals surface area contributed by atoms with E-state index >= 15 is 0 Å². The normalized spacial score (nSPS) is 19.8. The fourth-order valence-electron chi connectivity index (χ4n) is 4.37. The van der Waals surface area contributed by atoms with Gasteiger partial charge in [0.25, 0.3) is 0 Å². The molecule has 0 bridgehead atoms. The first-order valence-electron chi connectivity index (χ1n) is 10.9. The van der Waals surface area contributed by atoms with Gasteiger partial charge in [0.2, 0.25) is 5.91 Å². The molecular weight excluding hydrogens is 350 g/mol. The molecule has 1 unspecified atom stereocenters. The average Bonchev–Trinajstić information content (AvgIpc) is 3.53. The number of ether oxygens (including phenoxy) is 1. The smallest absolute Gasteiger partial charge is 0.227 e. The zero-order valence-corrected chi connectivity index (χ0v) is 17.0. The van der Waals surface area contributed by atoms with Crippen LogP contribution in [0.2, 0.25) is 0 Å². The second-order valence-corrected chi connectivity index (χ2v) is 8.16. The van der Waals surface area contributed by atoms with Crippen molar-refractivity contribution in [3.8, 4) is 0 Å². The van der Waals surface area contributed by atoms with E-state index in [1.807, 2.05) is 6.92 Å². The summed E-state index contributed by atoms with van der Waals surface area (Å²) < 4.78 is 7.84. The van der Waals surface area contributed by atoms with Crippen LogP contribution >= 0.6 is 0 Å². The summed E-state index contributed by atoms with van der Waals surface area (Å²) in [4.78, 5) is 15.4. The summed E-state index contributed by atoms with van der Waals surface area (Å²) in [6, 6.07) is 9.03. The van der Waals surface area contributed by atoms with Crippen LogP contribution in [-0.2, 0) is 22.6 Å². The van der Waals surface area contributed by atoms with Crippen molar-refractivity contribution < 1.29 is 9.53 Å². The van der Waals surface area contributed by atoms with Gasteiger partial charge in [-0.05, 0) is 57.2 Å². The number of fused-ring (bicyclic) bond motifs is 1. The number of carbonyl (C=O) groups excluding carboxylic acids is 1. The van der Waals surface area contributed by atoms with Gasteiger partial charge in [-0.1, -0.05) is 18.2 Å². The highest BCUT2D eigenvalue weighted by atomic mass is 16.5. The SMILES string of the molecule is CCOCCCn1cc(CN(C(=O)C2CCCNC2)C2CC2)c2ccccc21. The molecule has 2 aromatic rings. The maximum atomic E-state index is 13.2. The van der Waals surface area contributed by atoms with Crippen LogP contribution in [0.3, 0.4) is 0 Å². The lowest BCUT2D eigenvalue weighted by Crippen LogP contribution is -2.43. The van der Waals surface area contributed by atoms with Crippen molar-refractivity contribution in [1.82, 2.24) is 14.8 Å². The highest BCUT2D eigenvalue weighted by Crippen LogP contribution is 2.32. The van der Waals surface area contributed by atoms with E-state index in [9.17, 15) is 4.79 Å². The Morgan fingerprint density at radius 2 is 2.14 bits per heavy atom. The Bertz CT molecular complexity index is 790. The van der Waals surface area contributed by atoms with E-state index in [4.69, 9.17) is 4.74 Å². The van der Waals surface area contributed by atoms with E-state index in [0.29, 0.717) is 11.9 Å². The molecule has 2 fully saturated rings. The van der Waals surface area contributed by atoms with Crippen molar-refractivity contribution in [2.45, 2.75) is 58.2 Å². The number of benzene rings is 1. The summed E-state index contributed by atoms with van der Waals surface area (Å²) in [5.74, 6) is 0.497. The Morgan fingerprint density at radius 1 is 1.29 bits per heavy atom. The Balaban J connectivity index is 1.52. The van der Waals surface area contributed by atoms with Gasteiger partial charge in [0, 0.05) is 56.0 Å². The van der Waals surface area contributed by atoms with Gasteiger partial charge in [-0.25, -0.2) is 0 Å². The van der Waals surface area contributed by atoms with Crippen molar-refractivity contribution in [2.75, 3.05) is 26.3 Å². The molecule has 0 radical (unpaired) electrons. The molecule has 2 heterocycles. The highest BCUT2D eigenvalue weighted by molar-refractivity contribution is 5.85. The molecule has 1 atom stereocenters. The van der Waals surface area contributed by atoms with Gasteiger partial charge in [-0.3, -0.25) is 4.79 Å². The van der Waals surface area contributed by atoms with Crippen molar-refractivity contribution in [1.29, 1.82) is 0 Å². The van der Waals surface area contributed by atoms with E-state index in [1.165, 1.54) is 16.5 Å². The number of aryl methyl sites for hydroxylation is 1. The van der Waals surface area contributed by atoms with Gasteiger partial charge in [0.05, 0.1) is 5.92 Å². The summed E-state index contributed by atoms with van der Waals surface area (Å²) in [6.07, 6.45) is 7.70. The molecule has 1 aliphatic carbocycles. The summed E-state index contributed by atoms with van der Waals surface area (Å²) in [7, 11) is 0.